The first-order valence-corrected chi connectivity index (χ1v) is 4.51. The molecule has 8 heteroatoms. The fourth-order valence-corrected chi connectivity index (χ4v) is 1.35. The summed E-state index contributed by atoms with van der Waals surface area (Å²) in [5.41, 5.74) is -1.38. The molecule has 6 nitrogen and oxygen atoms in total. The Balaban J connectivity index is 3.58. The molecule has 1 aromatic carbocycles. The van der Waals surface area contributed by atoms with Crippen molar-refractivity contribution in [3.8, 4) is 0 Å². The Morgan fingerprint density at radius 3 is 1.38 bits per heavy atom. The third kappa shape index (κ3) is 2.29. The van der Waals surface area contributed by atoms with Gasteiger partial charge in [-0.25, -0.2) is 0 Å². The average Bonchev–Trinajstić information content (AvgIpc) is 2.26. The van der Waals surface area contributed by atoms with Crippen molar-refractivity contribution in [1.82, 2.24) is 0 Å². The molecule has 1 aromatic rings. The maximum Gasteiger partial charge on any atom is 0.254 e. The van der Waals surface area contributed by atoms with E-state index >= 15 is 0 Å². The van der Waals surface area contributed by atoms with E-state index in [0.717, 1.165) is 12.1 Å². The van der Waals surface area contributed by atoms with E-state index in [0.29, 0.717) is 0 Å². The Bertz CT molecular complexity index is 455. The molecule has 0 N–H and O–H groups in total. The summed E-state index contributed by atoms with van der Waals surface area (Å²) in [7, 11) is 0. The zero-order valence-corrected chi connectivity index (χ0v) is 8.95. The van der Waals surface area contributed by atoms with Gasteiger partial charge >= 0.3 is 0 Å². The molecule has 0 aliphatic rings. The first-order valence-electron chi connectivity index (χ1n) is 3.75. The standard InChI is InChI=1S/C8H2Cl2N2O4/c9-7(13)3-1-5(11-15)4(8(10)14)2-6(3)12-16/h1-2H. The van der Waals surface area contributed by atoms with Gasteiger partial charge in [0, 0.05) is 0 Å². The summed E-state index contributed by atoms with van der Waals surface area (Å²) in [6.45, 7) is 0. The highest BCUT2D eigenvalue weighted by Gasteiger charge is 2.18. The molecule has 0 saturated carbocycles. The molecule has 0 radical (unpaired) electrons. The van der Waals surface area contributed by atoms with Crippen LogP contribution in [0, 0.1) is 9.81 Å². The van der Waals surface area contributed by atoms with Crippen LogP contribution in [0.5, 0.6) is 0 Å². The van der Waals surface area contributed by atoms with Gasteiger partial charge in [-0.05, 0) is 45.7 Å². The summed E-state index contributed by atoms with van der Waals surface area (Å²) >= 11 is 10.3. The van der Waals surface area contributed by atoms with Crippen molar-refractivity contribution in [1.29, 1.82) is 0 Å². The highest BCUT2D eigenvalue weighted by Crippen LogP contribution is 2.31. The van der Waals surface area contributed by atoms with Gasteiger partial charge in [-0.3, -0.25) is 9.59 Å². The van der Waals surface area contributed by atoms with Crippen LogP contribution in [0.15, 0.2) is 22.5 Å². The second kappa shape index (κ2) is 4.91. The minimum Gasteiger partial charge on any atom is -0.276 e. The molecule has 0 aliphatic heterocycles. The molecule has 0 spiro atoms. The monoisotopic (exact) mass is 260 g/mol. The van der Waals surface area contributed by atoms with E-state index in [2.05, 4.69) is 10.4 Å². The number of carbonyl (C=O) groups is 2. The number of carbonyl (C=O) groups excluding carboxylic acids is 2. The molecule has 16 heavy (non-hydrogen) atoms. The quantitative estimate of drug-likeness (QED) is 0.614. The van der Waals surface area contributed by atoms with Crippen LogP contribution < -0.4 is 0 Å². The lowest BCUT2D eigenvalue weighted by molar-refractivity contribution is 0.107. The van der Waals surface area contributed by atoms with Crippen LogP contribution in [-0.2, 0) is 0 Å². The lowest BCUT2D eigenvalue weighted by Gasteiger charge is -2.02. The molecule has 82 valence electrons. The van der Waals surface area contributed by atoms with Crippen LogP contribution >= 0.6 is 23.2 Å². The second-order valence-electron chi connectivity index (χ2n) is 2.62. The van der Waals surface area contributed by atoms with Gasteiger partial charge in [-0.2, -0.15) is 0 Å². The van der Waals surface area contributed by atoms with Gasteiger partial charge in [-0.15, -0.1) is 9.81 Å². The van der Waals surface area contributed by atoms with E-state index in [4.69, 9.17) is 23.2 Å². The molecule has 0 aromatic heterocycles. The Morgan fingerprint density at radius 1 is 0.875 bits per heavy atom. The van der Waals surface area contributed by atoms with E-state index in [1.807, 2.05) is 0 Å². The zero-order valence-electron chi connectivity index (χ0n) is 7.44. The largest absolute Gasteiger partial charge is 0.276 e. The molecule has 0 atom stereocenters. The van der Waals surface area contributed by atoms with Crippen molar-refractivity contribution in [2.24, 2.45) is 10.4 Å². The Kier molecular flexibility index (Phi) is 3.81. The van der Waals surface area contributed by atoms with Crippen molar-refractivity contribution in [2.45, 2.75) is 0 Å². The first kappa shape index (κ1) is 12.4. The summed E-state index contributed by atoms with van der Waals surface area (Å²) in [6.07, 6.45) is 0. The molecule has 0 unspecified atom stereocenters. The Labute approximate surface area is 98.5 Å². The lowest BCUT2D eigenvalue weighted by atomic mass is 10.1. The van der Waals surface area contributed by atoms with E-state index < -0.39 is 10.5 Å². The van der Waals surface area contributed by atoms with E-state index in [1.165, 1.54) is 0 Å². The van der Waals surface area contributed by atoms with Crippen LogP contribution in [0.25, 0.3) is 0 Å². The SMILES string of the molecule is O=Nc1cc(C(=O)Cl)c(N=O)cc1C(=O)Cl. The molecule has 0 aliphatic carbocycles. The van der Waals surface area contributed by atoms with Crippen molar-refractivity contribution in [3.05, 3.63) is 33.1 Å². The van der Waals surface area contributed by atoms with Gasteiger partial charge in [0.05, 0.1) is 11.1 Å². The second-order valence-corrected chi connectivity index (χ2v) is 3.30. The maximum absolute atomic E-state index is 10.9. The van der Waals surface area contributed by atoms with Gasteiger partial charge in [0.25, 0.3) is 10.5 Å². The summed E-state index contributed by atoms with van der Waals surface area (Å²) in [5.74, 6) is 0. The first-order chi connectivity index (χ1) is 7.51. The minimum absolute atomic E-state index is 0.312. The molecule has 1 rings (SSSR count). The lowest BCUT2D eigenvalue weighted by Crippen LogP contribution is -1.95. The highest BCUT2D eigenvalue weighted by atomic mass is 35.5. The fraction of sp³-hybridized carbons (Fsp3) is 0. The topological polar surface area (TPSA) is 93.0 Å². The molecule has 0 heterocycles. The predicted octanol–water partition coefficient (Wildman–Crippen LogP) is 3.24. The molecule has 0 bridgehead atoms. The number of hydrogen-bond donors (Lipinski definition) is 0. The summed E-state index contributed by atoms with van der Waals surface area (Å²) in [4.78, 5) is 42.5. The summed E-state index contributed by atoms with van der Waals surface area (Å²) in [6, 6.07) is 1.77. The number of halogens is 2. The Hall–Kier alpha value is -1.66. The number of nitrogens with zero attached hydrogens (tertiary/aromatic N) is 2. The van der Waals surface area contributed by atoms with E-state index in [9.17, 15) is 19.4 Å². The molecule has 0 amide bonds. The predicted molar refractivity (Wildman–Crippen MR) is 57.7 cm³/mol. The molecular formula is C8H2Cl2N2O4. The number of benzene rings is 1. The fourth-order valence-electron chi connectivity index (χ4n) is 1.04. The highest BCUT2D eigenvalue weighted by molar-refractivity contribution is 6.69. The van der Waals surface area contributed by atoms with Crippen molar-refractivity contribution in [2.75, 3.05) is 0 Å². The van der Waals surface area contributed by atoms with Crippen LogP contribution in [0.1, 0.15) is 20.7 Å². The molecule has 0 saturated heterocycles. The van der Waals surface area contributed by atoms with Crippen molar-refractivity contribution >= 4 is 45.1 Å². The minimum atomic E-state index is -0.993. The number of rotatable bonds is 4. The number of nitroso groups, excluding NO2 is 2. The van der Waals surface area contributed by atoms with Crippen LogP contribution in [0.3, 0.4) is 0 Å². The van der Waals surface area contributed by atoms with Gasteiger partial charge in [0.2, 0.25) is 0 Å². The molecule has 0 fully saturated rings. The zero-order chi connectivity index (χ0) is 12.3. The molecular weight excluding hydrogens is 259 g/mol. The number of hydrogen-bond acceptors (Lipinski definition) is 6. The third-order valence-corrected chi connectivity index (χ3v) is 2.14. The van der Waals surface area contributed by atoms with Gasteiger partial charge < -0.3 is 0 Å². The van der Waals surface area contributed by atoms with E-state index in [1.54, 1.807) is 0 Å². The smallest absolute Gasteiger partial charge is 0.254 e. The maximum atomic E-state index is 10.9. The van der Waals surface area contributed by atoms with Crippen molar-refractivity contribution < 1.29 is 9.59 Å². The van der Waals surface area contributed by atoms with Crippen LogP contribution in [0.2, 0.25) is 0 Å². The van der Waals surface area contributed by atoms with Crippen LogP contribution in [-0.4, -0.2) is 10.5 Å². The summed E-state index contributed by atoms with van der Waals surface area (Å²) < 4.78 is 0. The van der Waals surface area contributed by atoms with Crippen LogP contribution in [0.4, 0.5) is 11.4 Å². The normalized spacial score (nSPS) is 9.62. The van der Waals surface area contributed by atoms with Crippen molar-refractivity contribution in [3.63, 3.8) is 0 Å². The summed E-state index contributed by atoms with van der Waals surface area (Å²) in [5, 5.41) is 3.02. The van der Waals surface area contributed by atoms with Gasteiger partial charge in [0.15, 0.2) is 0 Å². The van der Waals surface area contributed by atoms with Gasteiger partial charge in [0.1, 0.15) is 11.4 Å². The Morgan fingerprint density at radius 2 is 1.19 bits per heavy atom. The van der Waals surface area contributed by atoms with E-state index in [-0.39, 0.29) is 22.5 Å². The average molecular weight is 261 g/mol. The third-order valence-electron chi connectivity index (χ3n) is 1.73. The van der Waals surface area contributed by atoms with Gasteiger partial charge in [-0.1, -0.05) is 0 Å².